The Hall–Kier alpha value is -2.74. The first-order valence-corrected chi connectivity index (χ1v) is 8.25. The fourth-order valence-corrected chi connectivity index (χ4v) is 3.05. The van der Waals surface area contributed by atoms with Crippen LogP contribution in [0.1, 0.15) is 42.8 Å². The van der Waals surface area contributed by atoms with E-state index in [9.17, 15) is 0 Å². The molecule has 24 heavy (non-hydrogen) atoms. The Labute approximate surface area is 142 Å². The highest BCUT2D eigenvalue weighted by Crippen LogP contribution is 2.31. The summed E-state index contributed by atoms with van der Waals surface area (Å²) in [6, 6.07) is 8.00. The summed E-state index contributed by atoms with van der Waals surface area (Å²) in [6.45, 7) is 8.49. The molecule has 0 aliphatic carbocycles. The van der Waals surface area contributed by atoms with Crippen LogP contribution in [0.2, 0.25) is 0 Å². The Morgan fingerprint density at radius 1 is 1.29 bits per heavy atom. The lowest BCUT2D eigenvalue weighted by molar-refractivity contribution is 0.544. The highest BCUT2D eigenvalue weighted by molar-refractivity contribution is 5.73. The van der Waals surface area contributed by atoms with E-state index in [0.29, 0.717) is 17.3 Å². The SMILES string of the molecule is CCC(C)Cc1c(-c2ccc(C#N)cc2C)c(C)nc2ncnn12. The minimum atomic E-state index is 0.539. The Bertz CT molecular complexity index is 933. The van der Waals surface area contributed by atoms with E-state index < -0.39 is 0 Å². The van der Waals surface area contributed by atoms with Crippen molar-refractivity contribution in [3.05, 3.63) is 47.0 Å². The summed E-state index contributed by atoms with van der Waals surface area (Å²) in [4.78, 5) is 8.87. The van der Waals surface area contributed by atoms with Gasteiger partial charge < -0.3 is 0 Å². The largest absolute Gasteiger partial charge is 0.252 e. The Morgan fingerprint density at radius 3 is 2.75 bits per heavy atom. The van der Waals surface area contributed by atoms with Crippen molar-refractivity contribution in [2.75, 3.05) is 0 Å². The third-order valence-corrected chi connectivity index (χ3v) is 4.57. The fraction of sp³-hybridized carbons (Fsp3) is 0.368. The van der Waals surface area contributed by atoms with E-state index in [0.717, 1.165) is 40.9 Å². The Kier molecular flexibility index (Phi) is 4.30. The van der Waals surface area contributed by atoms with E-state index >= 15 is 0 Å². The highest BCUT2D eigenvalue weighted by Gasteiger charge is 2.19. The van der Waals surface area contributed by atoms with Crippen molar-refractivity contribution in [3.63, 3.8) is 0 Å². The zero-order valence-corrected chi connectivity index (χ0v) is 14.5. The van der Waals surface area contributed by atoms with Gasteiger partial charge in [0.25, 0.3) is 5.78 Å². The molecule has 0 saturated heterocycles. The van der Waals surface area contributed by atoms with Gasteiger partial charge in [0.15, 0.2) is 0 Å². The van der Waals surface area contributed by atoms with Crippen LogP contribution in [0, 0.1) is 31.1 Å². The zero-order valence-electron chi connectivity index (χ0n) is 14.5. The van der Waals surface area contributed by atoms with Gasteiger partial charge in [-0.2, -0.15) is 15.3 Å². The minimum absolute atomic E-state index is 0.539. The van der Waals surface area contributed by atoms with Crippen LogP contribution in [0.4, 0.5) is 0 Å². The maximum Gasteiger partial charge on any atom is 0.252 e. The molecule has 1 atom stereocenters. The van der Waals surface area contributed by atoms with E-state index in [1.807, 2.05) is 36.6 Å². The van der Waals surface area contributed by atoms with Crippen LogP contribution in [0.3, 0.4) is 0 Å². The molecule has 1 unspecified atom stereocenters. The molecule has 3 rings (SSSR count). The van der Waals surface area contributed by atoms with Crippen molar-refractivity contribution >= 4 is 5.78 Å². The van der Waals surface area contributed by atoms with Crippen molar-refractivity contribution < 1.29 is 0 Å². The van der Waals surface area contributed by atoms with Gasteiger partial charge in [-0.3, -0.25) is 0 Å². The van der Waals surface area contributed by atoms with Gasteiger partial charge in [-0.25, -0.2) is 9.50 Å². The van der Waals surface area contributed by atoms with Crippen molar-refractivity contribution in [1.29, 1.82) is 5.26 Å². The number of hydrogen-bond donors (Lipinski definition) is 0. The van der Waals surface area contributed by atoms with Crippen molar-refractivity contribution in [3.8, 4) is 17.2 Å². The number of benzene rings is 1. The molecule has 5 heteroatoms. The first-order valence-electron chi connectivity index (χ1n) is 8.25. The van der Waals surface area contributed by atoms with Gasteiger partial charge in [-0.1, -0.05) is 26.3 Å². The maximum absolute atomic E-state index is 9.11. The van der Waals surface area contributed by atoms with Crippen LogP contribution in [-0.4, -0.2) is 19.6 Å². The molecule has 122 valence electrons. The topological polar surface area (TPSA) is 66.9 Å². The standard InChI is InChI=1S/C19H21N5/c1-5-12(2)8-17-18(14(4)23-19-21-11-22-24(17)19)16-7-6-15(10-20)9-13(16)3/h6-7,9,11-12H,5,8H2,1-4H3. The average molecular weight is 319 g/mol. The Morgan fingerprint density at radius 2 is 2.08 bits per heavy atom. The number of rotatable bonds is 4. The van der Waals surface area contributed by atoms with Crippen LogP contribution in [-0.2, 0) is 6.42 Å². The molecule has 0 fully saturated rings. The fourth-order valence-electron chi connectivity index (χ4n) is 3.05. The summed E-state index contributed by atoms with van der Waals surface area (Å²) in [7, 11) is 0. The van der Waals surface area contributed by atoms with Crippen LogP contribution in [0.5, 0.6) is 0 Å². The molecule has 2 aromatic heterocycles. The van der Waals surface area contributed by atoms with Gasteiger partial charge in [0.05, 0.1) is 23.0 Å². The van der Waals surface area contributed by atoms with E-state index in [1.54, 1.807) is 6.33 Å². The molecule has 5 nitrogen and oxygen atoms in total. The van der Waals surface area contributed by atoms with E-state index in [-0.39, 0.29) is 0 Å². The molecule has 0 N–H and O–H groups in total. The number of fused-ring (bicyclic) bond motifs is 1. The van der Waals surface area contributed by atoms with Crippen molar-refractivity contribution in [2.24, 2.45) is 5.92 Å². The lowest BCUT2D eigenvalue weighted by Gasteiger charge is -2.18. The quantitative estimate of drug-likeness (QED) is 0.732. The molecule has 0 saturated carbocycles. The number of hydrogen-bond acceptors (Lipinski definition) is 4. The third-order valence-electron chi connectivity index (χ3n) is 4.57. The predicted octanol–water partition coefficient (Wildman–Crippen LogP) is 3.87. The summed E-state index contributed by atoms with van der Waals surface area (Å²) >= 11 is 0. The van der Waals surface area contributed by atoms with Crippen LogP contribution in [0.15, 0.2) is 24.5 Å². The molecular weight excluding hydrogens is 298 g/mol. The van der Waals surface area contributed by atoms with E-state index in [2.05, 4.69) is 35.0 Å². The van der Waals surface area contributed by atoms with Gasteiger partial charge in [0, 0.05) is 5.56 Å². The highest BCUT2D eigenvalue weighted by atomic mass is 15.3. The summed E-state index contributed by atoms with van der Waals surface area (Å²) in [5, 5.41) is 13.5. The number of nitrogens with zero attached hydrogens (tertiary/aromatic N) is 5. The third kappa shape index (κ3) is 2.76. The minimum Gasteiger partial charge on any atom is -0.216 e. The molecule has 0 spiro atoms. The molecule has 3 aromatic rings. The number of aryl methyl sites for hydroxylation is 2. The maximum atomic E-state index is 9.11. The van der Waals surface area contributed by atoms with Gasteiger partial charge in [-0.15, -0.1) is 0 Å². The first kappa shape index (κ1) is 16.1. The van der Waals surface area contributed by atoms with Crippen LogP contribution >= 0.6 is 0 Å². The molecule has 0 radical (unpaired) electrons. The van der Waals surface area contributed by atoms with Gasteiger partial charge in [0.2, 0.25) is 0 Å². The number of nitriles is 1. The van der Waals surface area contributed by atoms with E-state index in [4.69, 9.17) is 5.26 Å². The summed E-state index contributed by atoms with van der Waals surface area (Å²) in [6.07, 6.45) is 3.56. The summed E-state index contributed by atoms with van der Waals surface area (Å²) in [5.41, 5.74) is 6.04. The smallest absolute Gasteiger partial charge is 0.216 e. The van der Waals surface area contributed by atoms with Gasteiger partial charge in [-0.05, 0) is 49.4 Å². The van der Waals surface area contributed by atoms with Gasteiger partial charge >= 0.3 is 0 Å². The molecule has 1 aromatic carbocycles. The second-order valence-electron chi connectivity index (χ2n) is 6.35. The molecule has 0 aliphatic rings. The molecule has 0 aliphatic heterocycles. The average Bonchev–Trinajstić information content (AvgIpc) is 3.03. The molecular formula is C19H21N5. The second-order valence-corrected chi connectivity index (χ2v) is 6.35. The summed E-state index contributed by atoms with van der Waals surface area (Å²) < 4.78 is 1.85. The molecule has 0 bridgehead atoms. The molecule has 2 heterocycles. The predicted molar refractivity (Wildman–Crippen MR) is 93.6 cm³/mol. The summed E-state index contributed by atoms with van der Waals surface area (Å²) in [5.74, 6) is 1.18. The van der Waals surface area contributed by atoms with Crippen molar-refractivity contribution in [1.82, 2.24) is 19.6 Å². The molecule has 0 amide bonds. The first-order chi connectivity index (χ1) is 11.5. The van der Waals surface area contributed by atoms with Crippen molar-refractivity contribution in [2.45, 2.75) is 40.5 Å². The normalized spacial score (nSPS) is 12.3. The Balaban J connectivity index is 2.28. The van der Waals surface area contributed by atoms with Crippen LogP contribution < -0.4 is 0 Å². The van der Waals surface area contributed by atoms with Crippen LogP contribution in [0.25, 0.3) is 16.9 Å². The van der Waals surface area contributed by atoms with E-state index in [1.165, 1.54) is 0 Å². The lowest BCUT2D eigenvalue weighted by atomic mass is 9.92. The number of aromatic nitrogens is 4. The second kappa shape index (κ2) is 6.40. The lowest BCUT2D eigenvalue weighted by Crippen LogP contribution is -2.11. The van der Waals surface area contributed by atoms with Gasteiger partial charge in [0.1, 0.15) is 6.33 Å². The zero-order chi connectivity index (χ0) is 17.3. The monoisotopic (exact) mass is 319 g/mol.